The van der Waals surface area contributed by atoms with Crippen molar-refractivity contribution >= 4 is 17.8 Å². The van der Waals surface area contributed by atoms with E-state index >= 15 is 0 Å². The monoisotopic (exact) mass is 505 g/mol. The molecule has 1 saturated heterocycles. The molecule has 2 aromatic rings. The summed E-state index contributed by atoms with van der Waals surface area (Å²) in [5.41, 5.74) is 8.08. The number of Topliss-reactive ketones (excluding diaryl/α,β-unsaturated/α-hetero) is 1. The van der Waals surface area contributed by atoms with Gasteiger partial charge in [-0.2, -0.15) is 5.26 Å². The van der Waals surface area contributed by atoms with Crippen molar-refractivity contribution in [1.29, 1.82) is 5.26 Å². The van der Waals surface area contributed by atoms with Gasteiger partial charge in [0, 0.05) is 38.4 Å². The summed E-state index contributed by atoms with van der Waals surface area (Å²) in [7, 11) is 0. The lowest BCUT2D eigenvalue weighted by Crippen LogP contribution is -2.58. The number of benzene rings is 2. The van der Waals surface area contributed by atoms with Crippen LogP contribution in [-0.2, 0) is 25.5 Å². The largest absolute Gasteiger partial charge is 0.444 e. The van der Waals surface area contributed by atoms with Crippen LogP contribution in [0.2, 0.25) is 0 Å². The van der Waals surface area contributed by atoms with Gasteiger partial charge in [0.05, 0.1) is 11.6 Å². The highest BCUT2D eigenvalue weighted by molar-refractivity contribution is 5.94. The minimum atomic E-state index is -1.16. The Morgan fingerprint density at radius 2 is 1.73 bits per heavy atom. The Kier molecular flexibility index (Phi) is 8.72. The Hall–Kier alpha value is -3.70. The van der Waals surface area contributed by atoms with Crippen LogP contribution in [0, 0.1) is 24.2 Å². The average Bonchev–Trinajstić information content (AvgIpc) is 2.83. The number of carbonyl (C=O) groups is 3. The summed E-state index contributed by atoms with van der Waals surface area (Å²) in [5, 5.41) is 12.1. The molecule has 1 atom stereocenters. The molecule has 2 aromatic carbocycles. The van der Waals surface area contributed by atoms with Gasteiger partial charge >= 0.3 is 6.09 Å². The summed E-state index contributed by atoms with van der Waals surface area (Å²) in [4.78, 5) is 38.3. The van der Waals surface area contributed by atoms with Crippen molar-refractivity contribution in [2.45, 2.75) is 64.5 Å². The smallest absolute Gasteiger partial charge is 0.408 e. The maximum Gasteiger partial charge on any atom is 0.408 e. The number of nitrogens with two attached hydrogens (primary N) is 1. The van der Waals surface area contributed by atoms with E-state index in [1.807, 2.05) is 49.4 Å². The summed E-state index contributed by atoms with van der Waals surface area (Å²) in [5.74, 6) is -1.57. The van der Waals surface area contributed by atoms with E-state index in [0.717, 1.165) is 22.3 Å². The molecular formula is C29H35N3O5. The fraction of sp³-hybridized carbons (Fsp3) is 0.448. The molecule has 0 radical (unpaired) electrons. The first-order valence-electron chi connectivity index (χ1n) is 12.4. The molecule has 0 bridgehead atoms. The number of rotatable bonds is 8. The number of primary amides is 1. The van der Waals surface area contributed by atoms with Crippen LogP contribution in [0.4, 0.5) is 4.79 Å². The number of ether oxygens (including phenoxy) is 2. The molecule has 2 amide bonds. The second-order valence-electron chi connectivity index (χ2n) is 10.6. The minimum Gasteiger partial charge on any atom is -0.444 e. The van der Waals surface area contributed by atoms with Crippen LogP contribution in [0.25, 0.3) is 11.1 Å². The number of aryl methyl sites for hydroxylation is 1. The van der Waals surface area contributed by atoms with E-state index in [-0.39, 0.29) is 18.6 Å². The lowest BCUT2D eigenvalue weighted by Gasteiger charge is -2.37. The zero-order valence-electron chi connectivity index (χ0n) is 21.9. The first-order valence-corrected chi connectivity index (χ1v) is 12.4. The van der Waals surface area contributed by atoms with Gasteiger partial charge in [-0.3, -0.25) is 9.59 Å². The highest BCUT2D eigenvalue weighted by Crippen LogP contribution is 2.28. The van der Waals surface area contributed by atoms with Crippen LogP contribution in [0.1, 0.15) is 56.7 Å². The van der Waals surface area contributed by atoms with Gasteiger partial charge in [-0.05, 0) is 62.4 Å². The fourth-order valence-electron chi connectivity index (χ4n) is 4.42. The third-order valence-electron chi connectivity index (χ3n) is 6.58. The highest BCUT2D eigenvalue weighted by atomic mass is 16.6. The summed E-state index contributed by atoms with van der Waals surface area (Å²) >= 11 is 0. The molecule has 0 aliphatic carbocycles. The van der Waals surface area contributed by atoms with Crippen LogP contribution >= 0.6 is 0 Å². The lowest BCUT2D eigenvalue weighted by molar-refractivity contribution is -0.133. The molecule has 1 fully saturated rings. The molecule has 1 heterocycles. The van der Waals surface area contributed by atoms with Gasteiger partial charge < -0.3 is 20.5 Å². The number of carbonyl (C=O) groups excluding carboxylic acids is 3. The molecule has 3 N–H and O–H groups in total. The number of nitrogens with zero attached hydrogens (tertiary/aromatic N) is 1. The van der Waals surface area contributed by atoms with Gasteiger partial charge in [0.1, 0.15) is 11.1 Å². The van der Waals surface area contributed by atoms with E-state index < -0.39 is 29.1 Å². The van der Waals surface area contributed by atoms with Gasteiger partial charge in [0.2, 0.25) is 5.91 Å². The minimum absolute atomic E-state index is 0.101. The second kappa shape index (κ2) is 11.6. The van der Waals surface area contributed by atoms with Gasteiger partial charge in [-0.25, -0.2) is 4.79 Å². The lowest BCUT2D eigenvalue weighted by atomic mass is 9.80. The number of nitrogens with one attached hydrogen (secondary N) is 1. The Morgan fingerprint density at radius 3 is 2.30 bits per heavy atom. The summed E-state index contributed by atoms with van der Waals surface area (Å²) < 4.78 is 10.8. The second-order valence-corrected chi connectivity index (χ2v) is 10.6. The Bertz CT molecular complexity index is 1190. The van der Waals surface area contributed by atoms with Crippen molar-refractivity contribution in [1.82, 2.24) is 5.32 Å². The number of nitriles is 1. The number of hydrogen-bond acceptors (Lipinski definition) is 6. The number of ketones is 1. The van der Waals surface area contributed by atoms with Gasteiger partial charge in [-0.15, -0.1) is 0 Å². The predicted molar refractivity (Wildman–Crippen MR) is 139 cm³/mol. The van der Waals surface area contributed by atoms with Crippen molar-refractivity contribution < 1.29 is 23.9 Å². The maximum absolute atomic E-state index is 13.5. The number of hydrogen-bond donors (Lipinski definition) is 2. The quantitative estimate of drug-likeness (QED) is 0.552. The number of amides is 2. The van der Waals surface area contributed by atoms with Gasteiger partial charge in [0.15, 0.2) is 5.78 Å². The summed E-state index contributed by atoms with van der Waals surface area (Å²) in [6, 6.07) is 15.5. The van der Waals surface area contributed by atoms with Gasteiger partial charge in [-0.1, -0.05) is 36.4 Å². The third kappa shape index (κ3) is 7.40. The molecule has 8 nitrogen and oxygen atoms in total. The molecule has 37 heavy (non-hydrogen) atoms. The van der Waals surface area contributed by atoms with Crippen molar-refractivity contribution in [3.8, 4) is 17.2 Å². The Labute approximate surface area is 218 Å². The maximum atomic E-state index is 13.5. The van der Waals surface area contributed by atoms with Crippen LogP contribution in [0.15, 0.2) is 42.5 Å². The molecule has 0 saturated carbocycles. The molecule has 0 spiro atoms. The SMILES string of the molecule is Cc1ccc(-c2ccc(C[C@H](CC(=O)C3(NC(=O)OC(C)(C)C)CCOCC3)C(N)=O)cc2)cc1C#N. The van der Waals surface area contributed by atoms with E-state index in [1.165, 1.54) is 0 Å². The molecule has 1 aliphatic rings. The Morgan fingerprint density at radius 1 is 1.11 bits per heavy atom. The van der Waals surface area contributed by atoms with E-state index in [2.05, 4.69) is 11.4 Å². The predicted octanol–water partition coefficient (Wildman–Crippen LogP) is 4.21. The Balaban J connectivity index is 1.74. The summed E-state index contributed by atoms with van der Waals surface area (Å²) in [6.07, 6.45) is 0.109. The van der Waals surface area contributed by atoms with Crippen LogP contribution < -0.4 is 11.1 Å². The first kappa shape index (κ1) is 27.9. The van der Waals surface area contributed by atoms with Crippen LogP contribution in [0.3, 0.4) is 0 Å². The van der Waals surface area contributed by atoms with Gasteiger partial charge in [0.25, 0.3) is 0 Å². The van der Waals surface area contributed by atoms with Crippen LogP contribution in [-0.4, -0.2) is 42.1 Å². The first-order chi connectivity index (χ1) is 17.4. The van der Waals surface area contributed by atoms with Crippen molar-refractivity contribution in [2.24, 2.45) is 11.7 Å². The van der Waals surface area contributed by atoms with E-state index in [1.54, 1.807) is 20.8 Å². The zero-order chi connectivity index (χ0) is 27.2. The van der Waals surface area contributed by atoms with E-state index in [9.17, 15) is 19.6 Å². The van der Waals surface area contributed by atoms with Crippen molar-refractivity contribution in [2.75, 3.05) is 13.2 Å². The van der Waals surface area contributed by atoms with Crippen molar-refractivity contribution in [3.05, 3.63) is 59.2 Å². The topological polar surface area (TPSA) is 132 Å². The molecule has 196 valence electrons. The molecular weight excluding hydrogens is 470 g/mol. The zero-order valence-corrected chi connectivity index (χ0v) is 21.9. The highest BCUT2D eigenvalue weighted by Gasteiger charge is 2.43. The molecule has 8 heteroatoms. The van der Waals surface area contributed by atoms with E-state index in [0.29, 0.717) is 31.6 Å². The number of alkyl carbamates (subject to hydrolysis) is 1. The fourth-order valence-corrected chi connectivity index (χ4v) is 4.42. The van der Waals surface area contributed by atoms with Crippen molar-refractivity contribution in [3.63, 3.8) is 0 Å². The van der Waals surface area contributed by atoms with Crippen LogP contribution in [0.5, 0.6) is 0 Å². The normalized spacial score (nSPS) is 15.8. The molecule has 1 aliphatic heterocycles. The standard InChI is InChI=1S/C29H35N3O5/c1-19-5-8-22(16-24(19)18-30)21-9-6-20(7-10-21)15-23(26(31)34)17-25(33)29(11-13-36-14-12-29)32-27(35)37-28(2,3)4/h5-10,16,23H,11-15,17H2,1-4H3,(H2,31,34)(H,32,35)/t23-/m1/s1. The van der Waals surface area contributed by atoms with E-state index in [4.69, 9.17) is 15.2 Å². The molecule has 0 aromatic heterocycles. The molecule has 3 rings (SSSR count). The summed E-state index contributed by atoms with van der Waals surface area (Å²) in [6.45, 7) is 7.78. The third-order valence-corrected chi connectivity index (χ3v) is 6.58. The average molecular weight is 506 g/mol. The molecule has 0 unspecified atom stereocenters.